The summed E-state index contributed by atoms with van der Waals surface area (Å²) in [5.74, 6) is 1.62. The average Bonchev–Trinajstić information content (AvgIpc) is 3.35. The summed E-state index contributed by atoms with van der Waals surface area (Å²) < 4.78 is 13.1. The van der Waals surface area contributed by atoms with Gasteiger partial charge in [-0.1, -0.05) is 53.5 Å². The zero-order valence-electron chi connectivity index (χ0n) is 16.6. The number of rotatable bonds is 6. The number of nitrogens with zero attached hydrogens (tertiary/aromatic N) is 1. The fourth-order valence-electron chi connectivity index (χ4n) is 3.82. The molecule has 0 bridgehead atoms. The lowest BCUT2D eigenvalue weighted by atomic mass is 10.1. The van der Waals surface area contributed by atoms with Gasteiger partial charge in [-0.25, -0.2) is 0 Å². The molecule has 0 spiro atoms. The molecule has 1 N–H and O–H groups in total. The number of nitrogens with one attached hydrogen (secondary N) is 1. The first-order valence-corrected chi connectivity index (χ1v) is 10.5. The lowest BCUT2D eigenvalue weighted by Crippen LogP contribution is -2.12. The van der Waals surface area contributed by atoms with Gasteiger partial charge in [0.2, 0.25) is 6.79 Å². The molecule has 4 aromatic rings. The normalized spacial score (nSPS) is 12.2. The van der Waals surface area contributed by atoms with Gasteiger partial charge in [-0.3, -0.25) is 0 Å². The van der Waals surface area contributed by atoms with E-state index in [9.17, 15) is 0 Å². The van der Waals surface area contributed by atoms with Crippen molar-refractivity contribution in [2.24, 2.45) is 0 Å². The number of hydrogen-bond acceptors (Lipinski definition) is 3. The first-order chi connectivity index (χ1) is 14.7. The quantitative estimate of drug-likeness (QED) is 0.349. The summed E-state index contributed by atoms with van der Waals surface area (Å²) in [6.45, 7) is 2.50. The SMILES string of the molecule is Cl.Clc1ccc(Cn2cc(CNCc3ccc4c(c3)OCO4)c3ccccc32)c(Cl)c1. The van der Waals surface area contributed by atoms with E-state index in [2.05, 4.69) is 46.4 Å². The third-order valence-electron chi connectivity index (χ3n) is 5.31. The number of fused-ring (bicyclic) bond motifs is 2. The molecule has 2 heterocycles. The van der Waals surface area contributed by atoms with Crippen molar-refractivity contribution in [1.29, 1.82) is 0 Å². The van der Waals surface area contributed by atoms with Gasteiger partial charge in [-0.2, -0.15) is 0 Å². The van der Waals surface area contributed by atoms with Gasteiger partial charge in [0.25, 0.3) is 0 Å². The van der Waals surface area contributed by atoms with Gasteiger partial charge in [0.15, 0.2) is 11.5 Å². The number of halogens is 3. The van der Waals surface area contributed by atoms with E-state index in [1.54, 1.807) is 6.07 Å². The monoisotopic (exact) mass is 474 g/mol. The summed E-state index contributed by atoms with van der Waals surface area (Å²) in [6.07, 6.45) is 2.20. The molecule has 4 nitrogen and oxygen atoms in total. The van der Waals surface area contributed by atoms with Crippen LogP contribution >= 0.6 is 35.6 Å². The van der Waals surface area contributed by atoms with Crippen LogP contribution in [0.4, 0.5) is 0 Å². The Hall–Kier alpha value is -2.37. The molecular weight excluding hydrogens is 455 g/mol. The van der Waals surface area contributed by atoms with E-state index in [-0.39, 0.29) is 12.4 Å². The molecule has 0 unspecified atom stereocenters. The first kappa shape index (κ1) is 21.8. The van der Waals surface area contributed by atoms with Crippen LogP contribution in [0.15, 0.2) is 66.9 Å². The fourth-order valence-corrected chi connectivity index (χ4v) is 4.29. The summed E-state index contributed by atoms with van der Waals surface area (Å²) in [7, 11) is 0. The van der Waals surface area contributed by atoms with Crippen molar-refractivity contribution in [2.75, 3.05) is 6.79 Å². The highest BCUT2D eigenvalue weighted by Crippen LogP contribution is 2.32. The Morgan fingerprint density at radius 3 is 2.58 bits per heavy atom. The molecule has 0 saturated carbocycles. The minimum atomic E-state index is 0. The highest BCUT2D eigenvalue weighted by atomic mass is 35.5. The van der Waals surface area contributed by atoms with Gasteiger partial charge in [0, 0.05) is 46.8 Å². The summed E-state index contributed by atoms with van der Waals surface area (Å²) in [5, 5.41) is 6.11. The van der Waals surface area contributed by atoms with Crippen molar-refractivity contribution in [2.45, 2.75) is 19.6 Å². The highest BCUT2D eigenvalue weighted by Gasteiger charge is 2.14. The molecule has 160 valence electrons. The second-order valence-corrected chi connectivity index (χ2v) is 8.17. The molecule has 1 aliphatic heterocycles. The molecule has 0 fully saturated rings. The molecule has 1 aromatic heterocycles. The van der Waals surface area contributed by atoms with E-state index < -0.39 is 0 Å². The first-order valence-electron chi connectivity index (χ1n) is 9.77. The summed E-state index contributed by atoms with van der Waals surface area (Å²) in [6, 6.07) is 20.1. The number of hydrogen-bond donors (Lipinski definition) is 1. The van der Waals surface area contributed by atoms with Crippen LogP contribution in [0.1, 0.15) is 16.7 Å². The van der Waals surface area contributed by atoms with Gasteiger partial charge < -0.3 is 19.4 Å². The molecule has 0 saturated heterocycles. The third kappa shape index (κ3) is 4.63. The van der Waals surface area contributed by atoms with E-state index in [1.807, 2.05) is 24.3 Å². The van der Waals surface area contributed by atoms with E-state index >= 15 is 0 Å². The van der Waals surface area contributed by atoms with Crippen LogP contribution in [0.3, 0.4) is 0 Å². The number of para-hydroxylation sites is 1. The zero-order valence-corrected chi connectivity index (χ0v) is 18.9. The van der Waals surface area contributed by atoms with E-state index in [4.69, 9.17) is 32.7 Å². The summed E-state index contributed by atoms with van der Waals surface area (Å²) >= 11 is 12.4. The minimum absolute atomic E-state index is 0. The molecular formula is C24H21Cl3N2O2. The Morgan fingerprint density at radius 2 is 1.71 bits per heavy atom. The molecule has 5 rings (SSSR count). The third-order valence-corrected chi connectivity index (χ3v) is 5.90. The Balaban J connectivity index is 0.00000231. The Morgan fingerprint density at radius 1 is 0.871 bits per heavy atom. The van der Waals surface area contributed by atoms with Gasteiger partial charge in [0.1, 0.15) is 0 Å². The van der Waals surface area contributed by atoms with Crippen molar-refractivity contribution in [3.8, 4) is 11.5 Å². The van der Waals surface area contributed by atoms with Gasteiger partial charge >= 0.3 is 0 Å². The molecule has 0 aliphatic carbocycles. The average molecular weight is 476 g/mol. The molecule has 0 atom stereocenters. The highest BCUT2D eigenvalue weighted by molar-refractivity contribution is 6.35. The Kier molecular flexibility index (Phi) is 6.63. The maximum Gasteiger partial charge on any atom is 0.231 e. The predicted octanol–water partition coefficient (Wildman–Crippen LogP) is 6.44. The molecule has 3 aromatic carbocycles. The molecule has 0 radical (unpaired) electrons. The van der Waals surface area contributed by atoms with Crippen LogP contribution in [0, 0.1) is 0 Å². The van der Waals surface area contributed by atoms with Crippen molar-refractivity contribution >= 4 is 46.5 Å². The number of benzene rings is 3. The Labute approximate surface area is 197 Å². The molecule has 1 aliphatic rings. The lowest BCUT2D eigenvalue weighted by molar-refractivity contribution is 0.174. The van der Waals surface area contributed by atoms with Crippen LogP contribution < -0.4 is 14.8 Å². The minimum Gasteiger partial charge on any atom is -0.454 e. The summed E-state index contributed by atoms with van der Waals surface area (Å²) in [5.41, 5.74) is 4.64. The topological polar surface area (TPSA) is 35.4 Å². The van der Waals surface area contributed by atoms with E-state index in [0.29, 0.717) is 23.4 Å². The second-order valence-electron chi connectivity index (χ2n) is 7.33. The van der Waals surface area contributed by atoms with Gasteiger partial charge in [0.05, 0.1) is 0 Å². The lowest BCUT2D eigenvalue weighted by Gasteiger charge is -2.08. The smallest absolute Gasteiger partial charge is 0.231 e. The van der Waals surface area contributed by atoms with Gasteiger partial charge in [-0.05, 0) is 47.0 Å². The Bertz CT molecular complexity index is 1220. The predicted molar refractivity (Wildman–Crippen MR) is 128 cm³/mol. The van der Waals surface area contributed by atoms with Crippen LogP contribution in [-0.4, -0.2) is 11.4 Å². The van der Waals surface area contributed by atoms with E-state index in [1.165, 1.54) is 16.5 Å². The zero-order chi connectivity index (χ0) is 20.5. The van der Waals surface area contributed by atoms with Crippen LogP contribution in [0.5, 0.6) is 11.5 Å². The molecule has 31 heavy (non-hydrogen) atoms. The van der Waals surface area contributed by atoms with Crippen molar-refractivity contribution < 1.29 is 9.47 Å². The summed E-state index contributed by atoms with van der Waals surface area (Å²) in [4.78, 5) is 0. The molecule has 7 heteroatoms. The fraction of sp³-hybridized carbons (Fsp3) is 0.167. The van der Waals surface area contributed by atoms with Gasteiger partial charge in [-0.15, -0.1) is 12.4 Å². The van der Waals surface area contributed by atoms with Crippen LogP contribution in [0.25, 0.3) is 10.9 Å². The molecule has 0 amide bonds. The number of ether oxygens (including phenoxy) is 2. The second kappa shape index (κ2) is 9.41. The standard InChI is InChI=1S/C24H20Cl2N2O2.ClH/c25-19-7-6-17(21(26)10-19)13-28-14-18(20-3-1-2-4-22(20)28)12-27-11-16-5-8-23-24(9-16)30-15-29-23;/h1-10,14,27H,11-13,15H2;1H. The maximum atomic E-state index is 6.40. The maximum absolute atomic E-state index is 6.40. The van der Waals surface area contributed by atoms with Crippen molar-refractivity contribution in [3.05, 3.63) is 93.6 Å². The van der Waals surface area contributed by atoms with Crippen molar-refractivity contribution in [1.82, 2.24) is 9.88 Å². The van der Waals surface area contributed by atoms with Crippen molar-refractivity contribution in [3.63, 3.8) is 0 Å². The van der Waals surface area contributed by atoms with Crippen LogP contribution in [-0.2, 0) is 19.6 Å². The largest absolute Gasteiger partial charge is 0.454 e. The number of aromatic nitrogens is 1. The van der Waals surface area contributed by atoms with Crippen LogP contribution in [0.2, 0.25) is 10.0 Å². The van der Waals surface area contributed by atoms with E-state index in [0.717, 1.165) is 35.7 Å².